The van der Waals surface area contributed by atoms with Gasteiger partial charge in [0.15, 0.2) is 5.65 Å². The number of methoxy groups -OCH3 is 2. The average molecular weight is 313 g/mol. The maximum absolute atomic E-state index is 11.2. The zero-order chi connectivity index (χ0) is 16.2. The van der Waals surface area contributed by atoms with Gasteiger partial charge in [0.05, 0.1) is 26.1 Å². The number of aromatic nitrogens is 3. The largest absolute Gasteiger partial charge is 0.497 e. The number of hydrogen-bond acceptors (Lipinski definition) is 6. The highest BCUT2D eigenvalue weighted by atomic mass is 16.5. The Bertz CT molecular complexity index is 829. The molecule has 0 atom stereocenters. The third-order valence-corrected chi connectivity index (χ3v) is 3.12. The van der Waals surface area contributed by atoms with E-state index >= 15 is 0 Å². The van der Waals surface area contributed by atoms with Crippen LogP contribution < -0.4 is 15.4 Å². The number of benzene rings is 1. The number of H-pyrrole nitrogens is 1. The molecule has 8 heteroatoms. The van der Waals surface area contributed by atoms with Gasteiger partial charge in [0.2, 0.25) is 5.95 Å². The molecule has 2 aromatic heterocycles. The molecule has 0 saturated heterocycles. The van der Waals surface area contributed by atoms with Gasteiger partial charge in [-0.05, 0) is 30.3 Å². The van der Waals surface area contributed by atoms with Crippen molar-refractivity contribution in [3.05, 3.63) is 36.5 Å². The summed E-state index contributed by atoms with van der Waals surface area (Å²) in [6.45, 7) is 0. The summed E-state index contributed by atoms with van der Waals surface area (Å²) in [6.07, 6.45) is 1.08. The van der Waals surface area contributed by atoms with Crippen LogP contribution in [0.1, 0.15) is 0 Å². The summed E-state index contributed by atoms with van der Waals surface area (Å²) in [5.41, 5.74) is 2.86. The third kappa shape index (κ3) is 3.31. The molecule has 1 amide bonds. The number of amides is 1. The standard InChI is InChI=1S/C15H15N5O3/c1-22-11-5-3-9(4-6-11)17-10-7-12-13(16-8-10)19-14(18-12)20-15(21)23-2/h3-8,17H,1-2H3,(H2,16,18,19,20,21). The van der Waals surface area contributed by atoms with Gasteiger partial charge in [-0.15, -0.1) is 0 Å². The van der Waals surface area contributed by atoms with Crippen molar-refractivity contribution >= 4 is 34.6 Å². The minimum Gasteiger partial charge on any atom is -0.497 e. The first-order valence-electron chi connectivity index (χ1n) is 6.80. The number of aromatic amines is 1. The molecule has 118 valence electrons. The van der Waals surface area contributed by atoms with Crippen LogP contribution in [0.5, 0.6) is 5.75 Å². The number of fused-ring (bicyclic) bond motifs is 1. The predicted octanol–water partition coefficient (Wildman–Crippen LogP) is 2.89. The fourth-order valence-corrected chi connectivity index (χ4v) is 2.01. The maximum Gasteiger partial charge on any atom is 0.413 e. The van der Waals surface area contributed by atoms with Gasteiger partial charge >= 0.3 is 6.09 Å². The van der Waals surface area contributed by atoms with Crippen LogP contribution in [0, 0.1) is 0 Å². The van der Waals surface area contributed by atoms with E-state index < -0.39 is 6.09 Å². The van der Waals surface area contributed by atoms with Crippen LogP contribution in [0.3, 0.4) is 0 Å². The number of carbonyl (C=O) groups is 1. The predicted molar refractivity (Wildman–Crippen MR) is 86.2 cm³/mol. The molecule has 23 heavy (non-hydrogen) atoms. The van der Waals surface area contributed by atoms with Crippen molar-refractivity contribution in [2.24, 2.45) is 0 Å². The minimum atomic E-state index is -0.597. The zero-order valence-electron chi connectivity index (χ0n) is 12.6. The molecule has 0 radical (unpaired) electrons. The van der Waals surface area contributed by atoms with E-state index in [1.165, 1.54) is 7.11 Å². The van der Waals surface area contributed by atoms with Crippen molar-refractivity contribution in [3.8, 4) is 5.75 Å². The van der Waals surface area contributed by atoms with E-state index in [4.69, 9.17) is 4.74 Å². The second-order valence-corrected chi connectivity index (χ2v) is 4.65. The van der Waals surface area contributed by atoms with E-state index in [0.717, 1.165) is 17.1 Å². The molecule has 0 bridgehead atoms. The topological polar surface area (TPSA) is 101 Å². The molecule has 3 rings (SSSR count). The van der Waals surface area contributed by atoms with Crippen LogP contribution in [-0.4, -0.2) is 35.3 Å². The Hall–Kier alpha value is -3.29. The number of imidazole rings is 1. The number of rotatable bonds is 4. The van der Waals surface area contributed by atoms with Crippen LogP contribution in [0.4, 0.5) is 22.1 Å². The van der Waals surface area contributed by atoms with E-state index in [-0.39, 0.29) is 5.95 Å². The molecule has 0 spiro atoms. The fourth-order valence-electron chi connectivity index (χ4n) is 2.01. The van der Waals surface area contributed by atoms with Gasteiger partial charge in [0.1, 0.15) is 11.3 Å². The van der Waals surface area contributed by atoms with E-state index in [9.17, 15) is 4.79 Å². The SMILES string of the molecule is COC(=O)Nc1nc2cc(Nc3ccc(OC)cc3)cnc2[nH]1. The molecule has 1 aromatic carbocycles. The molecular weight excluding hydrogens is 298 g/mol. The molecule has 0 unspecified atom stereocenters. The highest BCUT2D eigenvalue weighted by Gasteiger charge is 2.08. The normalized spacial score (nSPS) is 10.3. The van der Waals surface area contributed by atoms with Gasteiger partial charge < -0.3 is 19.8 Å². The lowest BCUT2D eigenvalue weighted by molar-refractivity contribution is 0.186. The second-order valence-electron chi connectivity index (χ2n) is 4.65. The van der Waals surface area contributed by atoms with Crippen molar-refractivity contribution in [3.63, 3.8) is 0 Å². The zero-order valence-corrected chi connectivity index (χ0v) is 12.6. The molecule has 0 aliphatic heterocycles. The monoisotopic (exact) mass is 313 g/mol. The van der Waals surface area contributed by atoms with E-state index in [2.05, 4.69) is 30.3 Å². The summed E-state index contributed by atoms with van der Waals surface area (Å²) in [5.74, 6) is 1.07. The quantitative estimate of drug-likeness (QED) is 0.684. The number of hydrogen-bond donors (Lipinski definition) is 3. The molecule has 0 saturated carbocycles. The maximum atomic E-state index is 11.2. The summed E-state index contributed by atoms with van der Waals surface area (Å²) < 4.78 is 9.64. The lowest BCUT2D eigenvalue weighted by atomic mass is 10.3. The van der Waals surface area contributed by atoms with Gasteiger partial charge in [-0.1, -0.05) is 0 Å². The van der Waals surface area contributed by atoms with Gasteiger partial charge in [-0.3, -0.25) is 5.32 Å². The Balaban J connectivity index is 1.80. The molecule has 3 aromatic rings. The molecule has 2 heterocycles. The highest BCUT2D eigenvalue weighted by Crippen LogP contribution is 2.22. The van der Waals surface area contributed by atoms with Gasteiger partial charge in [0, 0.05) is 5.69 Å². The summed E-state index contributed by atoms with van der Waals surface area (Å²) >= 11 is 0. The second kappa shape index (κ2) is 6.22. The first-order chi connectivity index (χ1) is 11.2. The number of anilines is 3. The van der Waals surface area contributed by atoms with Crippen molar-refractivity contribution in [2.75, 3.05) is 24.9 Å². The van der Waals surface area contributed by atoms with Crippen molar-refractivity contribution in [1.29, 1.82) is 0 Å². The number of pyridine rings is 1. The van der Waals surface area contributed by atoms with Crippen LogP contribution in [-0.2, 0) is 4.74 Å². The van der Waals surface area contributed by atoms with Gasteiger partial charge in [-0.2, -0.15) is 0 Å². The number of ether oxygens (including phenoxy) is 2. The van der Waals surface area contributed by atoms with Crippen molar-refractivity contribution < 1.29 is 14.3 Å². The van der Waals surface area contributed by atoms with E-state index in [1.54, 1.807) is 13.3 Å². The Morgan fingerprint density at radius 1 is 1.17 bits per heavy atom. The molecule has 8 nitrogen and oxygen atoms in total. The Morgan fingerprint density at radius 3 is 2.65 bits per heavy atom. The number of nitrogens with one attached hydrogen (secondary N) is 3. The van der Waals surface area contributed by atoms with Crippen LogP contribution in [0.25, 0.3) is 11.2 Å². The smallest absolute Gasteiger partial charge is 0.413 e. The van der Waals surface area contributed by atoms with Crippen molar-refractivity contribution in [2.45, 2.75) is 0 Å². The van der Waals surface area contributed by atoms with Gasteiger partial charge in [0.25, 0.3) is 0 Å². The average Bonchev–Trinajstić information content (AvgIpc) is 2.96. The Labute approximate surface area is 131 Å². The fraction of sp³-hybridized carbons (Fsp3) is 0.133. The first kappa shape index (κ1) is 14.6. The summed E-state index contributed by atoms with van der Waals surface area (Å²) in [7, 11) is 2.91. The minimum absolute atomic E-state index is 0.279. The van der Waals surface area contributed by atoms with E-state index in [0.29, 0.717) is 11.2 Å². The molecule has 0 aliphatic rings. The molecule has 0 aliphatic carbocycles. The van der Waals surface area contributed by atoms with Crippen LogP contribution >= 0.6 is 0 Å². The Morgan fingerprint density at radius 2 is 1.96 bits per heavy atom. The Kier molecular flexibility index (Phi) is 3.96. The lowest BCUT2D eigenvalue weighted by Crippen LogP contribution is -2.11. The number of nitrogens with zero attached hydrogens (tertiary/aromatic N) is 2. The molecule has 0 fully saturated rings. The molecular formula is C15H15N5O3. The van der Waals surface area contributed by atoms with Crippen LogP contribution in [0.2, 0.25) is 0 Å². The van der Waals surface area contributed by atoms with Crippen molar-refractivity contribution in [1.82, 2.24) is 15.0 Å². The van der Waals surface area contributed by atoms with E-state index in [1.807, 2.05) is 30.3 Å². The van der Waals surface area contributed by atoms with Crippen LogP contribution in [0.15, 0.2) is 36.5 Å². The summed E-state index contributed by atoms with van der Waals surface area (Å²) in [5, 5.41) is 5.69. The highest BCUT2D eigenvalue weighted by molar-refractivity contribution is 5.86. The third-order valence-electron chi connectivity index (χ3n) is 3.12. The summed E-state index contributed by atoms with van der Waals surface area (Å²) in [6, 6.07) is 9.35. The molecule has 3 N–H and O–H groups in total. The number of carbonyl (C=O) groups excluding carboxylic acids is 1. The first-order valence-corrected chi connectivity index (χ1v) is 6.80. The van der Waals surface area contributed by atoms with Gasteiger partial charge in [-0.25, -0.2) is 14.8 Å². The summed E-state index contributed by atoms with van der Waals surface area (Å²) in [4.78, 5) is 22.6. The lowest BCUT2D eigenvalue weighted by Gasteiger charge is -2.06.